The quantitative estimate of drug-likeness (QED) is 0.186. The highest BCUT2D eigenvalue weighted by Crippen LogP contribution is 2.29. The number of rotatable bonds is 8. The van der Waals surface area contributed by atoms with E-state index in [1.54, 1.807) is 36.2 Å². The third-order valence-electron chi connectivity index (χ3n) is 8.40. The monoisotopic (exact) mass is 648 g/mol. The van der Waals surface area contributed by atoms with E-state index in [0.717, 1.165) is 51.8 Å². The van der Waals surface area contributed by atoms with Crippen molar-refractivity contribution >= 4 is 24.5 Å². The maximum atomic E-state index is 12.3. The van der Waals surface area contributed by atoms with E-state index in [-0.39, 0.29) is 18.8 Å². The molecule has 2 aliphatic heterocycles. The lowest BCUT2D eigenvalue weighted by atomic mass is 9.96. The van der Waals surface area contributed by atoms with Gasteiger partial charge < -0.3 is 28.7 Å². The van der Waals surface area contributed by atoms with Crippen LogP contribution in [0.3, 0.4) is 0 Å². The minimum absolute atomic E-state index is 0.255. The van der Waals surface area contributed by atoms with E-state index in [4.69, 9.17) is 18.9 Å². The van der Waals surface area contributed by atoms with Gasteiger partial charge in [-0.3, -0.25) is 4.79 Å². The molecule has 0 aromatic heterocycles. The Balaban J connectivity index is 0.000000188. The Morgan fingerprint density at radius 1 is 0.667 bits per heavy atom. The molecule has 2 aliphatic rings. The summed E-state index contributed by atoms with van der Waals surface area (Å²) in [6.07, 6.45) is 3.43. The zero-order valence-electron chi connectivity index (χ0n) is 27.4. The van der Waals surface area contributed by atoms with Crippen LogP contribution in [0, 0.1) is 0 Å². The first-order chi connectivity index (χ1) is 23.4. The number of hydrogen-bond acceptors (Lipinski definition) is 7. The Morgan fingerprint density at radius 2 is 1.10 bits per heavy atom. The molecule has 48 heavy (non-hydrogen) atoms. The van der Waals surface area contributed by atoms with Gasteiger partial charge in [0.25, 0.3) is 0 Å². The number of methoxy groups -OCH3 is 2. The van der Waals surface area contributed by atoms with E-state index in [9.17, 15) is 14.4 Å². The van der Waals surface area contributed by atoms with Crippen molar-refractivity contribution in [2.24, 2.45) is 0 Å². The maximum Gasteiger partial charge on any atom is 0.410 e. The fraction of sp³-hybridized carbons (Fsp3) is 0.256. The Morgan fingerprint density at radius 3 is 1.52 bits per heavy atom. The smallest absolute Gasteiger partial charge is 0.410 e. The summed E-state index contributed by atoms with van der Waals surface area (Å²) in [5.41, 5.74) is 7.77. The van der Waals surface area contributed by atoms with E-state index in [1.165, 1.54) is 5.56 Å². The van der Waals surface area contributed by atoms with Crippen LogP contribution in [0.25, 0.3) is 6.08 Å². The summed E-state index contributed by atoms with van der Waals surface area (Å²) >= 11 is 0. The second-order valence-corrected chi connectivity index (χ2v) is 11.5. The van der Waals surface area contributed by atoms with Crippen molar-refractivity contribution < 1.29 is 33.3 Å². The highest BCUT2D eigenvalue weighted by Gasteiger charge is 2.24. The maximum absolute atomic E-state index is 12.3. The predicted molar refractivity (Wildman–Crippen MR) is 183 cm³/mol. The number of benzene rings is 4. The number of nitrogens with zero attached hydrogens (tertiary/aromatic N) is 2. The number of carbonyl (C=O) groups is 3. The van der Waals surface area contributed by atoms with Gasteiger partial charge in [-0.25, -0.2) is 9.59 Å². The number of aldehydes is 1. The van der Waals surface area contributed by atoms with Gasteiger partial charge in [0.1, 0.15) is 24.7 Å². The molecule has 0 radical (unpaired) electrons. The summed E-state index contributed by atoms with van der Waals surface area (Å²) < 4.78 is 21.4. The number of amides is 2. The van der Waals surface area contributed by atoms with E-state index >= 15 is 0 Å². The van der Waals surface area contributed by atoms with Crippen molar-refractivity contribution in [2.75, 3.05) is 27.3 Å². The Kier molecular flexibility index (Phi) is 11.5. The highest BCUT2D eigenvalue weighted by atomic mass is 16.6. The Hall–Kier alpha value is -5.57. The van der Waals surface area contributed by atoms with E-state index in [2.05, 4.69) is 6.58 Å². The molecule has 9 heteroatoms. The first-order valence-electron chi connectivity index (χ1n) is 15.8. The van der Waals surface area contributed by atoms with Crippen LogP contribution in [0.1, 0.15) is 49.3 Å². The van der Waals surface area contributed by atoms with Crippen LogP contribution in [0.5, 0.6) is 11.5 Å². The fourth-order valence-corrected chi connectivity index (χ4v) is 5.75. The SMILES string of the molecule is C=Cc1cc2c(cc1OC)CCN(C(=O)OCc1ccccc1)C2.COc1cc2c(cc1C=O)CN(C(=O)OCc1ccccc1)CC2. The van der Waals surface area contributed by atoms with Crippen molar-refractivity contribution in [1.82, 2.24) is 9.80 Å². The summed E-state index contributed by atoms with van der Waals surface area (Å²) in [6, 6.07) is 27.0. The van der Waals surface area contributed by atoms with Crippen LogP contribution in [0.4, 0.5) is 9.59 Å². The van der Waals surface area contributed by atoms with Gasteiger partial charge in [-0.2, -0.15) is 0 Å². The van der Waals surface area contributed by atoms with Crippen LogP contribution in [-0.2, 0) is 48.6 Å². The molecule has 0 atom stereocenters. The molecule has 6 rings (SSSR count). The summed E-state index contributed by atoms with van der Waals surface area (Å²) in [5.74, 6) is 1.40. The number of hydrogen-bond donors (Lipinski definition) is 0. The summed E-state index contributed by atoms with van der Waals surface area (Å²) in [7, 11) is 3.20. The zero-order chi connectivity index (χ0) is 33.9. The van der Waals surface area contributed by atoms with Crippen molar-refractivity contribution in [3.05, 3.63) is 136 Å². The van der Waals surface area contributed by atoms with Gasteiger partial charge in [0.05, 0.1) is 19.8 Å². The number of ether oxygens (including phenoxy) is 4. The molecule has 0 saturated heterocycles. The molecule has 2 heterocycles. The molecule has 0 fully saturated rings. The molecule has 9 nitrogen and oxygen atoms in total. The lowest BCUT2D eigenvalue weighted by molar-refractivity contribution is 0.0912. The van der Waals surface area contributed by atoms with Gasteiger partial charge >= 0.3 is 12.2 Å². The first-order valence-corrected chi connectivity index (χ1v) is 15.8. The van der Waals surface area contributed by atoms with Crippen molar-refractivity contribution in [1.29, 1.82) is 0 Å². The molecular formula is C39H40N2O7. The molecule has 4 aromatic rings. The molecule has 0 aliphatic carbocycles. The van der Waals surface area contributed by atoms with Crippen molar-refractivity contribution in [3.63, 3.8) is 0 Å². The molecule has 0 spiro atoms. The molecule has 248 valence electrons. The normalized spacial score (nSPS) is 13.1. The van der Waals surface area contributed by atoms with Gasteiger partial charge in [0, 0.05) is 31.7 Å². The average Bonchev–Trinajstić information content (AvgIpc) is 3.15. The summed E-state index contributed by atoms with van der Waals surface area (Å²) in [6.45, 7) is 6.60. The van der Waals surface area contributed by atoms with Crippen LogP contribution in [0.2, 0.25) is 0 Å². The van der Waals surface area contributed by atoms with E-state index < -0.39 is 0 Å². The zero-order valence-corrected chi connectivity index (χ0v) is 27.4. The van der Waals surface area contributed by atoms with Crippen LogP contribution in [0.15, 0.2) is 91.5 Å². The lowest BCUT2D eigenvalue weighted by Gasteiger charge is -2.29. The largest absolute Gasteiger partial charge is 0.496 e. The highest BCUT2D eigenvalue weighted by molar-refractivity contribution is 5.80. The predicted octanol–water partition coefficient (Wildman–Crippen LogP) is 7.24. The summed E-state index contributed by atoms with van der Waals surface area (Å²) in [5, 5.41) is 0. The fourth-order valence-electron chi connectivity index (χ4n) is 5.75. The van der Waals surface area contributed by atoms with Gasteiger partial charge in [-0.15, -0.1) is 0 Å². The Labute approximate surface area is 281 Å². The van der Waals surface area contributed by atoms with Crippen LogP contribution < -0.4 is 9.47 Å². The average molecular weight is 649 g/mol. The minimum Gasteiger partial charge on any atom is -0.496 e. The number of carbonyl (C=O) groups excluding carboxylic acids is 3. The third-order valence-corrected chi connectivity index (χ3v) is 8.40. The van der Waals surface area contributed by atoms with Gasteiger partial charge in [-0.1, -0.05) is 73.3 Å². The minimum atomic E-state index is -0.340. The summed E-state index contributed by atoms with van der Waals surface area (Å²) in [4.78, 5) is 39.1. The van der Waals surface area contributed by atoms with Gasteiger partial charge in [0.2, 0.25) is 0 Å². The first kappa shape index (κ1) is 33.8. The van der Waals surface area contributed by atoms with Gasteiger partial charge in [-0.05, 0) is 70.5 Å². The topological polar surface area (TPSA) is 94.6 Å². The molecular weight excluding hydrogens is 608 g/mol. The van der Waals surface area contributed by atoms with Gasteiger partial charge in [0.15, 0.2) is 6.29 Å². The molecule has 0 saturated carbocycles. The Bertz CT molecular complexity index is 1610. The lowest BCUT2D eigenvalue weighted by Crippen LogP contribution is -2.36. The molecule has 0 N–H and O–H groups in total. The van der Waals surface area contributed by atoms with Crippen LogP contribution in [-0.4, -0.2) is 55.6 Å². The van der Waals surface area contributed by atoms with Crippen LogP contribution >= 0.6 is 0 Å². The van der Waals surface area contributed by atoms with Crippen molar-refractivity contribution in [3.8, 4) is 11.5 Å². The van der Waals surface area contributed by atoms with Crippen molar-refractivity contribution in [2.45, 2.75) is 39.1 Å². The molecule has 0 unspecified atom stereocenters. The molecule has 2 amide bonds. The second-order valence-electron chi connectivity index (χ2n) is 11.5. The molecule has 0 bridgehead atoms. The standard InChI is InChI=1S/C20H21NO3.C19H19NO4/c1-3-16-11-18-13-21(10-9-17(18)12-19(16)23-2)20(22)24-14-15-7-5-4-6-8-15;1-23-18-10-15-7-8-20(11-16(15)9-17(18)12-21)19(22)24-13-14-5-3-2-4-6-14/h3-8,11-12H,1,9-10,13-14H2,2H3;2-6,9-10,12H,7-8,11,13H2,1H3. The third kappa shape index (κ3) is 8.41. The molecule has 4 aromatic carbocycles. The number of fused-ring (bicyclic) bond motifs is 2. The van der Waals surface area contributed by atoms with E-state index in [1.807, 2.05) is 78.9 Å². The second kappa shape index (κ2) is 16.3. The van der Waals surface area contributed by atoms with E-state index in [0.29, 0.717) is 50.5 Å².